The molecule has 1 fully saturated rings. The Labute approximate surface area is 267 Å². The molecule has 2 amide bonds. The van der Waals surface area contributed by atoms with E-state index in [-0.39, 0.29) is 34.2 Å². The van der Waals surface area contributed by atoms with Gasteiger partial charge in [0.15, 0.2) is 11.6 Å². The highest BCUT2D eigenvalue weighted by Crippen LogP contribution is 2.48. The van der Waals surface area contributed by atoms with Crippen LogP contribution in [0.5, 0.6) is 17.2 Å². The molecule has 48 heavy (non-hydrogen) atoms. The number of nitrogens with two attached hydrogens (primary N) is 1. The number of aliphatic hydroxyl groups is 1. The van der Waals surface area contributed by atoms with Crippen molar-refractivity contribution >= 4 is 22.7 Å². The number of carbonyl (C=O) groups excluding carboxylic acids is 2. The number of alkyl halides is 5. The van der Waals surface area contributed by atoms with E-state index in [4.69, 9.17) is 15.2 Å². The van der Waals surface area contributed by atoms with Crippen LogP contribution in [0.2, 0.25) is 0 Å². The number of ether oxygens (including phenoxy) is 3. The zero-order valence-corrected chi connectivity index (χ0v) is 25.2. The molecule has 0 unspecified atom stereocenters. The maximum atomic E-state index is 14.8. The summed E-state index contributed by atoms with van der Waals surface area (Å²) in [5.74, 6) is -4.19. The van der Waals surface area contributed by atoms with Gasteiger partial charge < -0.3 is 30.4 Å². The highest BCUT2D eigenvalue weighted by atomic mass is 19.4. The Bertz CT molecular complexity index is 1950. The number of rotatable bonds is 10. The van der Waals surface area contributed by atoms with Gasteiger partial charge in [-0.15, -0.1) is 0 Å². The summed E-state index contributed by atoms with van der Waals surface area (Å²) in [6.45, 7) is -3.96. The number of halogens is 6. The second-order valence-electron chi connectivity index (χ2n) is 11.7. The third-order valence-corrected chi connectivity index (χ3v) is 8.43. The third kappa shape index (κ3) is 5.61. The van der Waals surface area contributed by atoms with E-state index >= 15 is 0 Å². The fourth-order valence-corrected chi connectivity index (χ4v) is 5.42. The fraction of sp³-hybridized carbons (Fsp3) is 0.355. The predicted molar refractivity (Wildman–Crippen MR) is 155 cm³/mol. The predicted octanol–water partition coefficient (Wildman–Crippen LogP) is 4.50. The molecule has 2 atom stereocenters. The molecule has 1 aliphatic heterocycles. The fourth-order valence-electron chi connectivity index (χ4n) is 5.42. The van der Waals surface area contributed by atoms with Crippen LogP contribution in [0, 0.1) is 5.82 Å². The maximum absolute atomic E-state index is 14.8. The van der Waals surface area contributed by atoms with Crippen molar-refractivity contribution in [2.75, 3.05) is 20.3 Å². The molecule has 0 radical (unpaired) electrons. The van der Waals surface area contributed by atoms with Gasteiger partial charge >= 0.3 is 12.8 Å². The van der Waals surface area contributed by atoms with Crippen molar-refractivity contribution in [3.63, 3.8) is 0 Å². The Balaban J connectivity index is 1.40. The normalized spacial score (nSPS) is 18.7. The third-order valence-electron chi connectivity index (χ3n) is 8.43. The Morgan fingerprint density at radius 2 is 1.92 bits per heavy atom. The molecule has 6 rings (SSSR count). The highest BCUT2D eigenvalue weighted by Gasteiger charge is 2.57. The number of hydrogen-bond donors (Lipinski definition) is 3. The van der Waals surface area contributed by atoms with E-state index in [2.05, 4.69) is 20.1 Å². The number of hydrogen-bond acceptors (Lipinski definition) is 8. The van der Waals surface area contributed by atoms with Crippen LogP contribution in [-0.4, -0.2) is 64.7 Å². The minimum absolute atomic E-state index is 0.0851. The Morgan fingerprint density at radius 3 is 2.52 bits per heavy atom. The lowest BCUT2D eigenvalue weighted by Gasteiger charge is -2.31. The number of amides is 2. The van der Waals surface area contributed by atoms with Gasteiger partial charge in [-0.3, -0.25) is 14.3 Å². The second-order valence-corrected chi connectivity index (χ2v) is 11.7. The first-order valence-electron chi connectivity index (χ1n) is 14.4. The summed E-state index contributed by atoms with van der Waals surface area (Å²) in [7, 11) is 1.35. The summed E-state index contributed by atoms with van der Waals surface area (Å²) in [6, 6.07) is 6.19. The van der Waals surface area contributed by atoms with Crippen LogP contribution in [-0.2, 0) is 15.8 Å². The minimum atomic E-state index is -5.48. The van der Waals surface area contributed by atoms with Gasteiger partial charge in [-0.25, -0.2) is 9.37 Å². The highest BCUT2D eigenvalue weighted by molar-refractivity contribution is 6.00. The van der Waals surface area contributed by atoms with Crippen molar-refractivity contribution in [2.45, 2.75) is 49.6 Å². The number of pyridine rings is 1. The Kier molecular flexibility index (Phi) is 7.92. The number of benzene rings is 2. The first kappa shape index (κ1) is 32.9. The minimum Gasteiger partial charge on any atom is -0.494 e. The average Bonchev–Trinajstić information content (AvgIpc) is 3.70. The lowest BCUT2D eigenvalue weighted by atomic mass is 9.81. The van der Waals surface area contributed by atoms with E-state index in [9.17, 15) is 41.0 Å². The summed E-state index contributed by atoms with van der Waals surface area (Å²) >= 11 is 0. The topological polar surface area (TPSA) is 151 Å². The summed E-state index contributed by atoms with van der Waals surface area (Å²) < 4.78 is 101. The van der Waals surface area contributed by atoms with Crippen LogP contribution >= 0.6 is 0 Å². The molecule has 4 aromatic rings. The number of carbonyl (C=O) groups is 2. The zero-order chi connectivity index (χ0) is 34.8. The summed E-state index contributed by atoms with van der Waals surface area (Å²) in [5, 5.41) is 18.4. The van der Waals surface area contributed by atoms with Gasteiger partial charge in [0, 0.05) is 28.3 Å². The molecule has 2 aliphatic rings. The molecule has 11 nitrogen and oxygen atoms in total. The van der Waals surface area contributed by atoms with Gasteiger partial charge in [0.05, 0.1) is 25.4 Å². The summed E-state index contributed by atoms with van der Waals surface area (Å²) in [5.41, 5.74) is -1.68. The van der Waals surface area contributed by atoms with Crippen LogP contribution < -0.4 is 25.3 Å². The molecule has 3 heterocycles. The molecule has 2 aromatic heterocycles. The van der Waals surface area contributed by atoms with Crippen LogP contribution in [0.25, 0.3) is 22.2 Å². The van der Waals surface area contributed by atoms with Gasteiger partial charge in [0.2, 0.25) is 11.5 Å². The van der Waals surface area contributed by atoms with E-state index in [1.54, 1.807) is 10.9 Å². The van der Waals surface area contributed by atoms with Crippen molar-refractivity contribution in [3.05, 3.63) is 65.2 Å². The molecular weight excluding hydrogens is 652 g/mol. The average molecular weight is 680 g/mol. The van der Waals surface area contributed by atoms with Crippen LogP contribution in [0.3, 0.4) is 0 Å². The first-order chi connectivity index (χ1) is 22.6. The van der Waals surface area contributed by atoms with Gasteiger partial charge in [0.1, 0.15) is 34.7 Å². The number of aromatic nitrogens is 3. The van der Waals surface area contributed by atoms with Gasteiger partial charge in [-0.2, -0.15) is 27.1 Å². The van der Waals surface area contributed by atoms with Crippen LogP contribution in [0.15, 0.2) is 42.6 Å². The SMILES string of the molecule is COc1cc(C(=O)NC[C@](O)(c2cc3c(c(-c4ccc(OC(F)F)c(F)c4)n2)OC[C@]3(C)C(N)=O)C(F)(F)F)cc2cn(C3CC3)nc12. The van der Waals surface area contributed by atoms with Crippen LogP contribution in [0.4, 0.5) is 26.3 Å². The molecule has 1 aliphatic carbocycles. The van der Waals surface area contributed by atoms with Gasteiger partial charge in [0.25, 0.3) is 5.91 Å². The molecule has 1 saturated carbocycles. The molecule has 0 bridgehead atoms. The number of nitrogens with zero attached hydrogens (tertiary/aromatic N) is 3. The largest absolute Gasteiger partial charge is 0.494 e. The van der Waals surface area contributed by atoms with Gasteiger partial charge in [-0.1, -0.05) is 0 Å². The summed E-state index contributed by atoms with van der Waals surface area (Å²) in [6.07, 6.45) is -1.93. The van der Waals surface area contributed by atoms with Crippen molar-refractivity contribution in [3.8, 4) is 28.5 Å². The first-order valence-corrected chi connectivity index (χ1v) is 14.4. The number of fused-ring (bicyclic) bond motifs is 2. The smallest absolute Gasteiger partial charge is 0.424 e. The molecule has 254 valence electrons. The molecule has 0 spiro atoms. The molecule has 4 N–H and O–H groups in total. The quantitative estimate of drug-likeness (QED) is 0.208. The van der Waals surface area contributed by atoms with Crippen molar-refractivity contribution in [1.29, 1.82) is 0 Å². The Morgan fingerprint density at radius 1 is 1.19 bits per heavy atom. The molecule has 17 heteroatoms. The molecular formula is C31H27F6N5O6. The van der Waals surface area contributed by atoms with E-state index in [0.29, 0.717) is 17.0 Å². The van der Waals surface area contributed by atoms with E-state index < -0.39 is 71.7 Å². The Hall–Kier alpha value is -5.06. The second kappa shape index (κ2) is 11.6. The lowest BCUT2D eigenvalue weighted by molar-refractivity contribution is -0.265. The monoisotopic (exact) mass is 679 g/mol. The molecule has 2 aromatic carbocycles. The van der Waals surface area contributed by atoms with E-state index in [1.165, 1.54) is 26.2 Å². The maximum Gasteiger partial charge on any atom is 0.424 e. The lowest BCUT2D eigenvalue weighted by Crippen LogP contribution is -2.51. The van der Waals surface area contributed by atoms with E-state index in [1.807, 2.05) is 0 Å². The van der Waals surface area contributed by atoms with Crippen molar-refractivity contribution in [1.82, 2.24) is 20.1 Å². The van der Waals surface area contributed by atoms with Crippen molar-refractivity contribution < 1.29 is 55.2 Å². The van der Waals surface area contributed by atoms with Crippen molar-refractivity contribution in [2.24, 2.45) is 5.73 Å². The number of primary amides is 1. The number of nitrogens with one attached hydrogen (secondary N) is 1. The van der Waals surface area contributed by atoms with E-state index in [0.717, 1.165) is 31.0 Å². The molecule has 0 saturated heterocycles. The number of methoxy groups -OCH3 is 1. The summed E-state index contributed by atoms with van der Waals surface area (Å²) in [4.78, 5) is 29.7. The van der Waals surface area contributed by atoms with Gasteiger partial charge in [-0.05, 0) is 56.2 Å². The standard InChI is InChI=1S/C31H27F6N5O6/c1-29(27(38)44)13-47-25-18(29)10-22(40-24(25)14-3-6-20(19(32)8-14)48-28(33)34)30(45,31(35,36)37)12-39-26(43)15-7-16-11-42(17-4-5-17)41-23(16)21(9-15)46-2/h3,6-11,17,28,45H,4-5,12-13H2,1-2H3,(H2,38,44)(H,39,43)/t29-,30-/m0/s1. The van der Waals surface area contributed by atoms with Crippen LogP contribution in [0.1, 0.15) is 47.4 Å². The zero-order valence-electron chi connectivity index (χ0n) is 25.2.